The number of rotatable bonds is 1. The maximum atomic E-state index is 4.22. The van der Waals surface area contributed by atoms with Crippen molar-refractivity contribution in [2.24, 2.45) is 0 Å². The van der Waals surface area contributed by atoms with E-state index in [-0.39, 0.29) is 0 Å². The molecule has 0 atom stereocenters. The summed E-state index contributed by atoms with van der Waals surface area (Å²) >= 11 is 4.13. The van der Waals surface area contributed by atoms with Gasteiger partial charge in [0.25, 0.3) is 0 Å². The normalized spacial score (nSPS) is 10.8. The molecule has 2 heterocycles. The van der Waals surface area contributed by atoms with Gasteiger partial charge in [-0.2, -0.15) is 0 Å². The molecule has 0 amide bonds. The molecule has 0 radical (unpaired) electrons. The third-order valence-corrected chi connectivity index (χ3v) is 4.43. The Morgan fingerprint density at radius 3 is 2.62 bits per heavy atom. The number of hydrogen-bond donors (Lipinski definition) is 0. The zero-order valence-corrected chi connectivity index (χ0v) is 11.3. The first-order chi connectivity index (χ1) is 7.84. The monoisotopic (exact) mass is 337 g/mol. The molecule has 0 N–H and O–H groups in total. The van der Waals surface area contributed by atoms with E-state index in [4.69, 9.17) is 0 Å². The molecule has 16 heavy (non-hydrogen) atoms. The molecule has 0 fully saturated rings. The van der Waals surface area contributed by atoms with Crippen LogP contribution in [0.3, 0.4) is 0 Å². The second kappa shape index (κ2) is 4.14. The molecule has 3 aromatic rings. The van der Waals surface area contributed by atoms with Crippen LogP contribution in [0, 0.1) is 3.57 Å². The molecule has 0 aliphatic rings. The van der Waals surface area contributed by atoms with Gasteiger partial charge in [0.1, 0.15) is 0 Å². The molecule has 0 saturated heterocycles. The van der Waals surface area contributed by atoms with Crippen molar-refractivity contribution in [2.45, 2.75) is 0 Å². The van der Waals surface area contributed by atoms with E-state index in [0.717, 1.165) is 0 Å². The number of fused-ring (bicyclic) bond motifs is 1. The van der Waals surface area contributed by atoms with Gasteiger partial charge in [-0.25, -0.2) is 0 Å². The predicted molar refractivity (Wildman–Crippen MR) is 77.8 cm³/mol. The number of thiophene rings is 1. The second-order valence-corrected chi connectivity index (χ2v) is 5.76. The van der Waals surface area contributed by atoms with Crippen molar-refractivity contribution < 1.29 is 0 Å². The minimum atomic E-state index is 1.22. The fourth-order valence-corrected chi connectivity index (χ4v) is 3.52. The average Bonchev–Trinajstić information content (AvgIpc) is 2.76. The van der Waals surface area contributed by atoms with Crippen LogP contribution in [0.2, 0.25) is 0 Å². The molecule has 78 valence electrons. The molecule has 0 spiro atoms. The van der Waals surface area contributed by atoms with Gasteiger partial charge in [0.2, 0.25) is 0 Å². The average molecular weight is 337 g/mol. The highest BCUT2D eigenvalue weighted by Gasteiger charge is 2.06. The lowest BCUT2D eigenvalue weighted by Gasteiger charge is -1.93. The van der Waals surface area contributed by atoms with Crippen molar-refractivity contribution in [1.29, 1.82) is 0 Å². The zero-order chi connectivity index (χ0) is 11.0. The molecule has 0 bridgehead atoms. The molecule has 0 aliphatic heterocycles. The van der Waals surface area contributed by atoms with Crippen molar-refractivity contribution in [1.82, 2.24) is 4.98 Å². The van der Waals surface area contributed by atoms with E-state index in [1.165, 1.54) is 24.1 Å². The summed E-state index contributed by atoms with van der Waals surface area (Å²) < 4.78 is 2.47. The van der Waals surface area contributed by atoms with E-state index in [1.807, 2.05) is 18.5 Å². The Kier molecular flexibility index (Phi) is 2.65. The van der Waals surface area contributed by atoms with E-state index in [9.17, 15) is 0 Å². The van der Waals surface area contributed by atoms with E-state index in [2.05, 4.69) is 57.9 Å². The largest absolute Gasteiger partial charge is 0.262 e. The smallest absolute Gasteiger partial charge is 0.0543 e. The Labute approximate surface area is 111 Å². The summed E-state index contributed by atoms with van der Waals surface area (Å²) in [4.78, 5) is 5.53. The van der Waals surface area contributed by atoms with Gasteiger partial charge in [0, 0.05) is 26.2 Å². The molecular weight excluding hydrogens is 329 g/mol. The van der Waals surface area contributed by atoms with Crippen LogP contribution in [-0.2, 0) is 0 Å². The Morgan fingerprint density at radius 2 is 1.88 bits per heavy atom. The van der Waals surface area contributed by atoms with Gasteiger partial charge in [-0.15, -0.1) is 11.3 Å². The topological polar surface area (TPSA) is 12.9 Å². The molecule has 1 nitrogen and oxygen atoms in total. The van der Waals surface area contributed by atoms with Crippen LogP contribution >= 0.6 is 33.9 Å². The molecule has 3 heteroatoms. The predicted octanol–water partition coefficient (Wildman–Crippen LogP) is 4.57. The first-order valence-electron chi connectivity index (χ1n) is 4.93. The van der Waals surface area contributed by atoms with Crippen LogP contribution in [0.15, 0.2) is 48.8 Å². The maximum Gasteiger partial charge on any atom is 0.0543 e. The van der Waals surface area contributed by atoms with Gasteiger partial charge in [-0.3, -0.25) is 4.98 Å². The van der Waals surface area contributed by atoms with Gasteiger partial charge in [-0.05, 0) is 34.2 Å². The number of pyridine rings is 1. The van der Waals surface area contributed by atoms with Crippen LogP contribution < -0.4 is 0 Å². The molecule has 0 saturated carbocycles. The van der Waals surface area contributed by atoms with Gasteiger partial charge in [-0.1, -0.05) is 30.3 Å². The van der Waals surface area contributed by atoms with Crippen LogP contribution in [0.4, 0.5) is 0 Å². The van der Waals surface area contributed by atoms with E-state index in [1.54, 1.807) is 11.3 Å². The number of halogens is 1. The van der Waals surface area contributed by atoms with Crippen LogP contribution in [0.1, 0.15) is 0 Å². The first kappa shape index (κ1) is 10.2. The third kappa shape index (κ3) is 1.74. The molecule has 0 aliphatic carbocycles. The second-order valence-electron chi connectivity index (χ2n) is 3.51. The summed E-state index contributed by atoms with van der Waals surface area (Å²) in [6.07, 6.45) is 3.85. The highest BCUT2D eigenvalue weighted by Crippen LogP contribution is 2.34. The maximum absolute atomic E-state index is 4.22. The first-order valence-corrected chi connectivity index (χ1v) is 6.82. The fraction of sp³-hybridized carbons (Fsp3) is 0. The molecule has 0 unspecified atom stereocenters. The molecular formula is C13H8INS. The van der Waals surface area contributed by atoms with Crippen molar-refractivity contribution >= 4 is 44.0 Å². The minimum Gasteiger partial charge on any atom is -0.262 e. The highest BCUT2D eigenvalue weighted by molar-refractivity contribution is 14.1. The van der Waals surface area contributed by atoms with E-state index in [0.29, 0.717) is 0 Å². The Balaban J connectivity index is 2.23. The molecule has 1 aromatic carbocycles. The number of aromatic nitrogens is 1. The zero-order valence-electron chi connectivity index (χ0n) is 8.35. The lowest BCUT2D eigenvalue weighted by atomic mass is 10.2. The van der Waals surface area contributed by atoms with Crippen molar-refractivity contribution in [3.63, 3.8) is 0 Å². The van der Waals surface area contributed by atoms with Crippen molar-refractivity contribution in [3.8, 4) is 10.4 Å². The Morgan fingerprint density at radius 1 is 1.06 bits per heavy atom. The van der Waals surface area contributed by atoms with Gasteiger partial charge in [0.05, 0.1) is 4.70 Å². The standard InChI is InChI=1S/C13H8INS/c14-11-7-15-8-13-10(11)6-12(16-13)9-4-2-1-3-5-9/h1-8H. The molecule has 2 aromatic heterocycles. The summed E-state index contributed by atoms with van der Waals surface area (Å²) in [5.74, 6) is 0. The number of benzene rings is 1. The summed E-state index contributed by atoms with van der Waals surface area (Å²) in [7, 11) is 0. The summed E-state index contributed by atoms with van der Waals surface area (Å²) in [5, 5.41) is 1.31. The lowest BCUT2D eigenvalue weighted by Crippen LogP contribution is -1.73. The van der Waals surface area contributed by atoms with Gasteiger partial charge >= 0.3 is 0 Å². The van der Waals surface area contributed by atoms with Gasteiger partial charge in [0.15, 0.2) is 0 Å². The number of hydrogen-bond acceptors (Lipinski definition) is 2. The summed E-state index contributed by atoms with van der Waals surface area (Å²) in [6, 6.07) is 12.7. The number of nitrogens with zero attached hydrogens (tertiary/aromatic N) is 1. The lowest BCUT2D eigenvalue weighted by molar-refractivity contribution is 1.36. The summed E-state index contributed by atoms with van der Waals surface area (Å²) in [6.45, 7) is 0. The molecule has 3 rings (SSSR count). The third-order valence-electron chi connectivity index (χ3n) is 2.46. The fourth-order valence-electron chi connectivity index (χ4n) is 1.67. The summed E-state index contributed by atoms with van der Waals surface area (Å²) in [5.41, 5.74) is 1.28. The van der Waals surface area contributed by atoms with Crippen LogP contribution in [0.25, 0.3) is 20.5 Å². The van der Waals surface area contributed by atoms with Crippen molar-refractivity contribution in [2.75, 3.05) is 0 Å². The van der Waals surface area contributed by atoms with E-state index >= 15 is 0 Å². The van der Waals surface area contributed by atoms with Crippen molar-refractivity contribution in [3.05, 3.63) is 52.4 Å². The minimum absolute atomic E-state index is 1.22. The quantitative estimate of drug-likeness (QED) is 0.593. The van der Waals surface area contributed by atoms with Crippen LogP contribution in [0.5, 0.6) is 0 Å². The highest BCUT2D eigenvalue weighted by atomic mass is 127. The van der Waals surface area contributed by atoms with Crippen LogP contribution in [-0.4, -0.2) is 4.98 Å². The SMILES string of the molecule is Ic1cncc2sc(-c3ccccc3)cc12. The van der Waals surface area contributed by atoms with Gasteiger partial charge < -0.3 is 0 Å². The Bertz CT molecular complexity index is 631. The Hall–Kier alpha value is -0.940. The van der Waals surface area contributed by atoms with E-state index < -0.39 is 0 Å².